The van der Waals surface area contributed by atoms with Gasteiger partial charge in [-0.3, -0.25) is 4.90 Å². The Labute approximate surface area is 122 Å². The van der Waals surface area contributed by atoms with Gasteiger partial charge in [-0.25, -0.2) is 0 Å². The average Bonchev–Trinajstić information content (AvgIpc) is 2.81. The summed E-state index contributed by atoms with van der Waals surface area (Å²) in [6.45, 7) is 2.55. The Kier molecular flexibility index (Phi) is 4.32. The fourth-order valence-electron chi connectivity index (χ4n) is 3.09. The van der Waals surface area contributed by atoms with Crippen LogP contribution in [-0.2, 0) is 6.42 Å². The topological polar surface area (TPSA) is 3.24 Å². The predicted molar refractivity (Wildman–Crippen MR) is 82.8 cm³/mol. The van der Waals surface area contributed by atoms with E-state index in [-0.39, 0.29) is 0 Å². The second-order valence-electron chi connectivity index (χ2n) is 5.35. The number of rotatable bonds is 3. The zero-order valence-electron chi connectivity index (χ0n) is 10.6. The van der Waals surface area contributed by atoms with Gasteiger partial charge in [0.1, 0.15) is 0 Å². The summed E-state index contributed by atoms with van der Waals surface area (Å²) < 4.78 is 0. The molecule has 1 nitrogen and oxygen atoms in total. The molecule has 0 bridgehead atoms. The molecule has 1 aromatic carbocycles. The molecule has 0 aliphatic carbocycles. The first-order chi connectivity index (χ1) is 8.86. The summed E-state index contributed by atoms with van der Waals surface area (Å²) in [6, 6.07) is 9.67. The number of hydrogen-bond acceptors (Lipinski definition) is 2. The van der Waals surface area contributed by atoms with Crippen molar-refractivity contribution in [1.82, 2.24) is 4.90 Å². The maximum absolute atomic E-state index is 3.68. The quantitative estimate of drug-likeness (QED) is 0.774. The maximum Gasteiger partial charge on any atom is 0.0263 e. The van der Waals surface area contributed by atoms with Crippen LogP contribution in [0.2, 0.25) is 0 Å². The average molecular weight is 326 g/mol. The van der Waals surface area contributed by atoms with Crippen LogP contribution in [0, 0.1) is 0 Å². The number of piperidine rings is 1. The Balaban J connectivity index is 1.61. The van der Waals surface area contributed by atoms with E-state index >= 15 is 0 Å². The van der Waals surface area contributed by atoms with Crippen LogP contribution in [0.1, 0.15) is 24.8 Å². The Morgan fingerprint density at radius 2 is 2.17 bits per heavy atom. The summed E-state index contributed by atoms with van der Waals surface area (Å²) >= 11 is 5.77. The van der Waals surface area contributed by atoms with Gasteiger partial charge in [-0.2, -0.15) is 0 Å². The van der Waals surface area contributed by atoms with Crippen LogP contribution < -0.4 is 0 Å². The van der Waals surface area contributed by atoms with Gasteiger partial charge in [0.2, 0.25) is 0 Å². The minimum Gasteiger partial charge on any atom is -0.298 e. The molecule has 2 aliphatic rings. The molecular formula is C15H20BrNS. The van der Waals surface area contributed by atoms with Crippen molar-refractivity contribution < 1.29 is 0 Å². The van der Waals surface area contributed by atoms with Crippen molar-refractivity contribution in [3.63, 3.8) is 0 Å². The molecular weight excluding hydrogens is 306 g/mol. The molecule has 0 aromatic heterocycles. The van der Waals surface area contributed by atoms with Crippen molar-refractivity contribution in [2.24, 2.45) is 0 Å². The van der Waals surface area contributed by atoms with E-state index in [0.717, 1.165) is 16.6 Å². The summed E-state index contributed by atoms with van der Waals surface area (Å²) in [6.07, 6.45) is 5.42. The van der Waals surface area contributed by atoms with Crippen molar-refractivity contribution in [2.75, 3.05) is 18.4 Å². The largest absolute Gasteiger partial charge is 0.298 e. The Hall–Kier alpha value is 0.01000. The van der Waals surface area contributed by atoms with E-state index in [9.17, 15) is 0 Å². The van der Waals surface area contributed by atoms with Crippen LogP contribution in [-0.4, -0.2) is 34.6 Å². The molecule has 18 heavy (non-hydrogen) atoms. The summed E-state index contributed by atoms with van der Waals surface area (Å²) in [5, 5.41) is 1.90. The summed E-state index contributed by atoms with van der Waals surface area (Å²) in [5.74, 6) is 0. The monoisotopic (exact) mass is 325 g/mol. The van der Waals surface area contributed by atoms with Crippen LogP contribution in [0.25, 0.3) is 0 Å². The smallest absolute Gasteiger partial charge is 0.0263 e. The molecule has 0 radical (unpaired) electrons. The number of likely N-dealkylation sites (tertiary alicyclic amines) is 1. The van der Waals surface area contributed by atoms with E-state index < -0.39 is 0 Å². The van der Waals surface area contributed by atoms with E-state index in [2.05, 4.69) is 56.9 Å². The Morgan fingerprint density at radius 1 is 1.28 bits per heavy atom. The summed E-state index contributed by atoms with van der Waals surface area (Å²) in [4.78, 5) is 4.22. The third kappa shape index (κ3) is 2.78. The number of thioether (sulfide) groups is 1. The molecule has 0 saturated carbocycles. The zero-order valence-corrected chi connectivity index (χ0v) is 13.0. The van der Waals surface area contributed by atoms with Gasteiger partial charge in [-0.15, -0.1) is 11.8 Å². The van der Waals surface area contributed by atoms with Crippen LogP contribution in [0.5, 0.6) is 0 Å². The lowest BCUT2D eigenvalue weighted by Crippen LogP contribution is -2.43. The number of benzene rings is 1. The first-order valence-electron chi connectivity index (χ1n) is 6.91. The fourth-order valence-corrected chi connectivity index (χ4v) is 5.17. The highest BCUT2D eigenvalue weighted by Crippen LogP contribution is 2.37. The van der Waals surface area contributed by atoms with Gasteiger partial charge in [0.25, 0.3) is 0 Å². The molecule has 2 aliphatic heterocycles. The lowest BCUT2D eigenvalue weighted by atomic mass is 10.0. The maximum atomic E-state index is 3.68. The van der Waals surface area contributed by atoms with E-state index in [1.807, 2.05) is 0 Å². The number of alkyl halides is 1. The van der Waals surface area contributed by atoms with Crippen LogP contribution in [0.3, 0.4) is 0 Å². The predicted octanol–water partition coefficient (Wildman–Crippen LogP) is 3.95. The summed E-state index contributed by atoms with van der Waals surface area (Å²) in [5.41, 5.74) is 1.56. The minimum absolute atomic E-state index is 0.766. The van der Waals surface area contributed by atoms with Crippen LogP contribution in [0.4, 0.5) is 0 Å². The van der Waals surface area contributed by atoms with E-state index in [1.165, 1.54) is 43.7 Å². The first-order valence-corrected chi connectivity index (χ1v) is 8.91. The Bertz CT molecular complexity index is 384. The van der Waals surface area contributed by atoms with Gasteiger partial charge < -0.3 is 0 Å². The molecule has 2 unspecified atom stereocenters. The van der Waals surface area contributed by atoms with Crippen molar-refractivity contribution in [3.05, 3.63) is 29.8 Å². The highest BCUT2D eigenvalue weighted by atomic mass is 79.9. The van der Waals surface area contributed by atoms with E-state index in [1.54, 1.807) is 5.56 Å². The molecule has 0 spiro atoms. The third-order valence-corrected chi connectivity index (χ3v) is 6.13. The molecule has 1 fully saturated rings. The van der Waals surface area contributed by atoms with Crippen molar-refractivity contribution >= 4 is 27.7 Å². The second kappa shape index (κ2) is 5.98. The third-order valence-electron chi connectivity index (χ3n) is 4.08. The molecule has 2 atom stereocenters. The zero-order chi connectivity index (χ0) is 12.4. The first kappa shape index (κ1) is 13.0. The highest BCUT2D eigenvalue weighted by Gasteiger charge is 2.28. The van der Waals surface area contributed by atoms with E-state index in [4.69, 9.17) is 0 Å². The van der Waals surface area contributed by atoms with Crippen LogP contribution in [0.15, 0.2) is 29.2 Å². The summed E-state index contributed by atoms with van der Waals surface area (Å²) in [7, 11) is 0. The van der Waals surface area contributed by atoms with Gasteiger partial charge in [-0.1, -0.05) is 40.5 Å². The van der Waals surface area contributed by atoms with Gasteiger partial charge in [0.15, 0.2) is 0 Å². The van der Waals surface area contributed by atoms with Crippen molar-refractivity contribution in [3.8, 4) is 0 Å². The molecule has 0 amide bonds. The van der Waals surface area contributed by atoms with Crippen molar-refractivity contribution in [2.45, 2.75) is 41.9 Å². The van der Waals surface area contributed by atoms with Crippen molar-refractivity contribution in [1.29, 1.82) is 0 Å². The highest BCUT2D eigenvalue weighted by molar-refractivity contribution is 9.09. The van der Waals surface area contributed by atoms with Gasteiger partial charge in [0, 0.05) is 28.1 Å². The number of halogens is 1. The molecule has 98 valence electrons. The van der Waals surface area contributed by atoms with E-state index in [0.29, 0.717) is 0 Å². The SMILES string of the molecule is BrCC1CCCCN1CC1Cc2ccccc2S1. The lowest BCUT2D eigenvalue weighted by molar-refractivity contribution is 0.166. The Morgan fingerprint density at radius 3 is 3.00 bits per heavy atom. The molecule has 3 heteroatoms. The van der Waals surface area contributed by atoms with Gasteiger partial charge in [0.05, 0.1) is 0 Å². The number of hydrogen-bond donors (Lipinski definition) is 0. The van der Waals surface area contributed by atoms with Crippen LogP contribution >= 0.6 is 27.7 Å². The molecule has 1 saturated heterocycles. The molecule has 2 heterocycles. The fraction of sp³-hybridized carbons (Fsp3) is 0.600. The molecule has 0 N–H and O–H groups in total. The standard InChI is InChI=1S/C15H20BrNS/c16-10-13-6-3-4-8-17(13)11-14-9-12-5-1-2-7-15(12)18-14/h1-2,5,7,13-14H,3-4,6,8-11H2. The number of nitrogens with zero attached hydrogens (tertiary/aromatic N) is 1. The normalized spacial score (nSPS) is 28.3. The lowest BCUT2D eigenvalue weighted by Gasteiger charge is -2.36. The molecule has 3 rings (SSSR count). The minimum atomic E-state index is 0.766. The second-order valence-corrected chi connectivity index (χ2v) is 7.34. The number of fused-ring (bicyclic) bond motifs is 1. The molecule has 1 aromatic rings. The van der Waals surface area contributed by atoms with Gasteiger partial charge >= 0.3 is 0 Å². The van der Waals surface area contributed by atoms with Gasteiger partial charge in [-0.05, 0) is 37.4 Å².